The Kier molecular flexibility index (Phi) is 10.7. The number of carbonyl (C=O) groups is 2. The Morgan fingerprint density at radius 1 is 0.947 bits per heavy atom. The van der Waals surface area contributed by atoms with Crippen molar-refractivity contribution >= 4 is 71.7 Å². The van der Waals surface area contributed by atoms with Crippen LogP contribution in [-0.4, -0.2) is 75.5 Å². The van der Waals surface area contributed by atoms with Crippen molar-refractivity contribution in [2.75, 3.05) is 35.3 Å². The Labute approximate surface area is 334 Å². The number of para-hydroxylation sites is 1. The van der Waals surface area contributed by atoms with E-state index in [-0.39, 0.29) is 21.9 Å². The molecule has 296 valence electrons. The van der Waals surface area contributed by atoms with E-state index in [4.69, 9.17) is 4.98 Å². The number of nitrogens with zero attached hydrogens (tertiary/aromatic N) is 8. The van der Waals surface area contributed by atoms with E-state index in [0.717, 1.165) is 27.2 Å². The number of hydrogen-bond acceptors (Lipinski definition) is 13. The minimum atomic E-state index is -4.34. The van der Waals surface area contributed by atoms with Crippen LogP contribution in [0.5, 0.6) is 0 Å². The van der Waals surface area contributed by atoms with Gasteiger partial charge in [0.15, 0.2) is 16.8 Å². The summed E-state index contributed by atoms with van der Waals surface area (Å²) >= 11 is 1.51. The summed E-state index contributed by atoms with van der Waals surface area (Å²) in [6, 6.07) is 19.4. The molecule has 1 aliphatic heterocycles. The molecule has 0 saturated carbocycles. The molecule has 17 heteroatoms. The van der Waals surface area contributed by atoms with Gasteiger partial charge in [-0.2, -0.15) is 5.10 Å². The summed E-state index contributed by atoms with van der Waals surface area (Å²) in [5, 5.41) is 26.7. The molecule has 2 aromatic carbocycles. The van der Waals surface area contributed by atoms with Crippen molar-refractivity contribution in [3.05, 3.63) is 89.9 Å². The number of hydrogen-bond donors (Lipinski definition) is 3. The molecule has 1 saturated heterocycles. The number of anilines is 5. The number of pyridine rings is 1. The number of aryl methyl sites for hydroxylation is 1. The lowest BCUT2D eigenvalue weighted by Crippen LogP contribution is -2.36. The number of sulfonamides is 1. The van der Waals surface area contributed by atoms with Crippen molar-refractivity contribution in [1.82, 2.24) is 34.7 Å². The normalized spacial score (nSPS) is 13.8. The molecule has 0 aliphatic carbocycles. The van der Waals surface area contributed by atoms with Gasteiger partial charge in [-0.25, -0.2) is 23.1 Å². The summed E-state index contributed by atoms with van der Waals surface area (Å²) in [7, 11) is -2.60. The second kappa shape index (κ2) is 15.5. The van der Waals surface area contributed by atoms with Gasteiger partial charge in [0.25, 0.3) is 15.9 Å². The van der Waals surface area contributed by atoms with Gasteiger partial charge in [-0.15, -0.1) is 10.2 Å². The van der Waals surface area contributed by atoms with E-state index in [1.54, 1.807) is 42.4 Å². The molecular weight excluding hydrogens is 765 g/mol. The molecule has 0 atom stereocenters. The average Bonchev–Trinajstić information content (AvgIpc) is 3.76. The molecule has 0 bridgehead atoms. The smallest absolute Gasteiger partial charge is 0.306 e. The van der Waals surface area contributed by atoms with Crippen molar-refractivity contribution in [3.8, 4) is 11.1 Å². The fourth-order valence-electron chi connectivity index (χ4n) is 6.70. The number of carboxylic acid groups (broad SMARTS) is 1. The number of carbonyl (C=O) groups excluding carboxylic acids is 1. The number of carboxylic acids is 1. The van der Waals surface area contributed by atoms with Gasteiger partial charge in [-0.05, 0) is 92.3 Å². The zero-order valence-corrected chi connectivity index (χ0v) is 34.1. The third-order valence-electron chi connectivity index (χ3n) is 9.87. The Morgan fingerprint density at radius 2 is 1.67 bits per heavy atom. The van der Waals surface area contributed by atoms with Gasteiger partial charge in [0, 0.05) is 49.2 Å². The maximum atomic E-state index is 14.1. The highest BCUT2D eigenvalue weighted by molar-refractivity contribution is 7.90. The number of nitrogens with one attached hydrogen (secondary N) is 2. The van der Waals surface area contributed by atoms with Gasteiger partial charge in [-0.1, -0.05) is 44.2 Å². The molecular formula is C40H44N10O5S2. The highest BCUT2D eigenvalue weighted by Gasteiger charge is 2.28. The van der Waals surface area contributed by atoms with Crippen molar-refractivity contribution in [1.29, 1.82) is 0 Å². The van der Waals surface area contributed by atoms with Gasteiger partial charge >= 0.3 is 5.97 Å². The minimum absolute atomic E-state index is 0.0732. The molecule has 1 aliphatic rings. The molecule has 0 unspecified atom stereocenters. The fourth-order valence-corrected chi connectivity index (χ4v) is 8.52. The Hall–Kier alpha value is -5.94. The average molecular weight is 809 g/mol. The first kappa shape index (κ1) is 39.3. The molecule has 5 heterocycles. The fraction of sp³-hybridized carbons (Fsp3) is 0.325. The first-order valence-corrected chi connectivity index (χ1v) is 20.8. The second-order valence-electron chi connectivity index (χ2n) is 15.4. The first-order valence-electron chi connectivity index (χ1n) is 18.5. The number of aromatic nitrogens is 6. The molecule has 0 spiro atoms. The van der Waals surface area contributed by atoms with Crippen molar-refractivity contribution < 1.29 is 23.1 Å². The van der Waals surface area contributed by atoms with Crippen LogP contribution in [0.4, 0.5) is 28.3 Å². The summed E-state index contributed by atoms with van der Waals surface area (Å²) in [5.74, 6) is -0.789. The van der Waals surface area contributed by atoms with Crippen molar-refractivity contribution in [2.45, 2.75) is 58.9 Å². The molecule has 6 aromatic rings. The number of thiazole rings is 1. The van der Waals surface area contributed by atoms with Gasteiger partial charge in [-0.3, -0.25) is 14.3 Å². The van der Waals surface area contributed by atoms with Crippen LogP contribution in [0.3, 0.4) is 0 Å². The maximum Gasteiger partial charge on any atom is 0.306 e. The van der Waals surface area contributed by atoms with E-state index < -0.39 is 21.9 Å². The quantitative estimate of drug-likeness (QED) is 0.122. The lowest BCUT2D eigenvalue weighted by atomic mass is 9.97. The summed E-state index contributed by atoms with van der Waals surface area (Å²) in [4.78, 5) is 38.5. The predicted octanol–water partition coefficient (Wildman–Crippen LogP) is 6.94. The molecule has 0 radical (unpaired) electrons. The molecule has 1 amide bonds. The first-order chi connectivity index (χ1) is 27.1. The van der Waals surface area contributed by atoms with E-state index in [0.29, 0.717) is 66.2 Å². The van der Waals surface area contributed by atoms with E-state index in [1.165, 1.54) is 23.5 Å². The number of amides is 1. The van der Waals surface area contributed by atoms with Crippen LogP contribution < -0.4 is 19.8 Å². The number of rotatable bonds is 11. The third-order valence-corrected chi connectivity index (χ3v) is 12.2. The van der Waals surface area contributed by atoms with Crippen LogP contribution in [0, 0.1) is 25.2 Å². The number of aliphatic carboxylic acids is 1. The third kappa shape index (κ3) is 8.58. The number of benzene rings is 2. The van der Waals surface area contributed by atoms with Crippen molar-refractivity contribution in [3.63, 3.8) is 0 Å². The van der Waals surface area contributed by atoms with E-state index in [1.807, 2.05) is 53.8 Å². The van der Waals surface area contributed by atoms with Crippen LogP contribution >= 0.6 is 11.3 Å². The SMILES string of the molecule is Cc1cc(N(C)c2ccc(-c3cnn(CC(C)(C)C)c3C)c(C(=O)NS(=O)(=O)c3ccc(N4CCC(C(=O)O)CC4)cc3)n2)nnc1Nc1nc2ccccc2s1. The van der Waals surface area contributed by atoms with Gasteiger partial charge < -0.3 is 20.2 Å². The summed E-state index contributed by atoms with van der Waals surface area (Å²) in [6.45, 7) is 11.8. The Morgan fingerprint density at radius 3 is 2.33 bits per heavy atom. The van der Waals surface area contributed by atoms with E-state index >= 15 is 0 Å². The largest absolute Gasteiger partial charge is 0.481 e. The highest BCUT2D eigenvalue weighted by atomic mass is 32.2. The number of fused-ring (bicyclic) bond motifs is 1. The zero-order valence-electron chi connectivity index (χ0n) is 32.5. The summed E-state index contributed by atoms with van der Waals surface area (Å²) < 4.78 is 32.5. The standard InChI is InChI=1S/C40H44N10O5S2/c1-24-21-34(45-46-36(24)44-39-42-31-9-7-8-10-32(31)56-39)48(6)33-16-15-29(30-22-41-50(25(30)2)23-40(3,4)5)35(43-33)37(51)47-57(54,55)28-13-11-27(12-14-28)49-19-17-26(18-20-49)38(52)53/h7-16,21-22,26H,17-20,23H2,1-6H3,(H,47,51)(H,52,53)(H,42,44,46). The number of piperidine rings is 1. The van der Waals surface area contributed by atoms with Crippen LogP contribution in [0.15, 0.2) is 77.8 Å². The zero-order chi connectivity index (χ0) is 40.6. The van der Waals surface area contributed by atoms with E-state index in [9.17, 15) is 23.1 Å². The molecule has 4 aromatic heterocycles. The molecule has 15 nitrogen and oxygen atoms in total. The lowest BCUT2D eigenvalue weighted by molar-refractivity contribution is -0.142. The maximum absolute atomic E-state index is 14.1. The summed E-state index contributed by atoms with van der Waals surface area (Å²) in [6.07, 6.45) is 2.67. The monoisotopic (exact) mass is 808 g/mol. The van der Waals surface area contributed by atoms with Gasteiger partial charge in [0.2, 0.25) is 0 Å². The minimum Gasteiger partial charge on any atom is -0.481 e. The summed E-state index contributed by atoms with van der Waals surface area (Å²) in [5.41, 5.74) is 4.11. The molecule has 1 fully saturated rings. The van der Waals surface area contributed by atoms with Gasteiger partial charge in [0.1, 0.15) is 11.5 Å². The lowest BCUT2D eigenvalue weighted by Gasteiger charge is -2.32. The van der Waals surface area contributed by atoms with Crippen LogP contribution in [0.1, 0.15) is 55.4 Å². The Balaban J connectivity index is 1.16. The molecule has 3 N–H and O–H groups in total. The van der Waals surface area contributed by atoms with E-state index in [2.05, 4.69) is 51.1 Å². The molecule has 7 rings (SSSR count). The van der Waals surface area contributed by atoms with Gasteiger partial charge in [0.05, 0.1) is 27.2 Å². The second-order valence-corrected chi connectivity index (χ2v) is 18.1. The van der Waals surface area contributed by atoms with Crippen molar-refractivity contribution in [2.24, 2.45) is 11.3 Å². The Bertz CT molecular complexity index is 2540. The van der Waals surface area contributed by atoms with Crippen LogP contribution in [0.2, 0.25) is 0 Å². The highest BCUT2D eigenvalue weighted by Crippen LogP contribution is 2.33. The predicted molar refractivity (Wildman–Crippen MR) is 221 cm³/mol. The topological polar surface area (TPSA) is 188 Å². The molecule has 57 heavy (non-hydrogen) atoms. The van der Waals surface area contributed by atoms with Crippen LogP contribution in [-0.2, 0) is 21.4 Å². The van der Waals surface area contributed by atoms with Crippen LogP contribution in [0.25, 0.3) is 21.3 Å².